The molecule has 0 rings (SSSR count). The Kier molecular flexibility index (Phi) is 12.7. The van der Waals surface area contributed by atoms with Crippen molar-refractivity contribution >= 4 is 24.8 Å². The van der Waals surface area contributed by atoms with E-state index in [-0.39, 0.29) is 31.5 Å². The average molecular weight is 193 g/mol. The van der Waals surface area contributed by atoms with E-state index in [4.69, 9.17) is 11.5 Å². The molecular weight excluding hydrogens is 178 g/mol. The van der Waals surface area contributed by atoms with Crippen LogP contribution >= 0.6 is 24.8 Å². The van der Waals surface area contributed by atoms with Crippen molar-refractivity contribution in [3.63, 3.8) is 0 Å². The predicted molar refractivity (Wildman–Crippen MR) is 46.7 cm³/mol. The van der Waals surface area contributed by atoms with Crippen LogP contribution in [-0.2, 0) is 0 Å². The van der Waals surface area contributed by atoms with Crippen molar-refractivity contribution in [2.45, 2.75) is 18.9 Å². The van der Waals surface area contributed by atoms with Crippen LogP contribution in [-0.4, -0.2) is 18.8 Å². The van der Waals surface area contributed by atoms with Crippen LogP contribution in [0.15, 0.2) is 0 Å². The van der Waals surface area contributed by atoms with Crippen LogP contribution in [0, 0.1) is 0 Å². The van der Waals surface area contributed by atoms with Gasteiger partial charge in [0.2, 0.25) is 0 Å². The van der Waals surface area contributed by atoms with Crippen molar-refractivity contribution in [3.8, 4) is 0 Å². The Hall–Kier alpha value is 0.430. The smallest absolute Gasteiger partial charge is 0.0912 e. The van der Waals surface area contributed by atoms with Gasteiger partial charge in [0.05, 0.1) is 6.67 Å². The Morgan fingerprint density at radius 2 is 1.80 bits per heavy atom. The summed E-state index contributed by atoms with van der Waals surface area (Å²) in [6, 6.07) is 0. The molecule has 10 heavy (non-hydrogen) atoms. The molecule has 0 heterocycles. The zero-order valence-electron chi connectivity index (χ0n) is 5.97. The third-order valence-corrected chi connectivity index (χ3v) is 1.13. The Bertz CT molecular complexity index is 70.7. The summed E-state index contributed by atoms with van der Waals surface area (Å²) < 4.78 is 11.5. The highest BCUT2D eigenvalue weighted by Crippen LogP contribution is 2.01. The second kappa shape index (κ2) is 7.54. The summed E-state index contributed by atoms with van der Waals surface area (Å²) in [6.45, 7) is 1.70. The van der Waals surface area contributed by atoms with E-state index in [9.17, 15) is 4.39 Å². The minimum absolute atomic E-state index is 0. The topological polar surface area (TPSA) is 52.0 Å². The molecule has 0 radical (unpaired) electrons. The molecule has 0 aliphatic heterocycles. The molecule has 0 aromatic carbocycles. The quantitative estimate of drug-likeness (QED) is 0.698. The zero-order chi connectivity index (χ0) is 6.62. The summed E-state index contributed by atoms with van der Waals surface area (Å²) in [6.07, 6.45) is 0.351. The minimum Gasteiger partial charge on any atom is -0.329 e. The molecule has 4 N–H and O–H groups in total. The maximum Gasteiger partial charge on any atom is 0.0912 e. The van der Waals surface area contributed by atoms with Gasteiger partial charge in [-0.3, -0.25) is 4.39 Å². The van der Waals surface area contributed by atoms with Crippen molar-refractivity contribution in [1.82, 2.24) is 0 Å². The molecule has 0 amide bonds. The van der Waals surface area contributed by atoms with E-state index >= 15 is 0 Å². The molecule has 0 saturated heterocycles. The molecule has 0 saturated carbocycles. The van der Waals surface area contributed by atoms with Crippen molar-refractivity contribution in [2.75, 3.05) is 13.2 Å². The van der Waals surface area contributed by atoms with Gasteiger partial charge in [0.25, 0.3) is 0 Å². The van der Waals surface area contributed by atoms with Crippen LogP contribution in [0.1, 0.15) is 13.3 Å². The SMILES string of the molecule is CC(N)(CN)CCF.Cl.Cl. The highest BCUT2D eigenvalue weighted by molar-refractivity contribution is 5.85. The van der Waals surface area contributed by atoms with Gasteiger partial charge in [-0.2, -0.15) is 0 Å². The first kappa shape index (κ1) is 16.8. The van der Waals surface area contributed by atoms with Gasteiger partial charge in [0.1, 0.15) is 0 Å². The lowest BCUT2D eigenvalue weighted by atomic mass is 10.0. The van der Waals surface area contributed by atoms with E-state index in [1.54, 1.807) is 6.92 Å². The number of rotatable bonds is 3. The van der Waals surface area contributed by atoms with E-state index in [1.165, 1.54) is 0 Å². The Balaban J connectivity index is -0.000000245. The molecule has 0 bridgehead atoms. The number of nitrogens with two attached hydrogens (primary N) is 2. The molecule has 1 unspecified atom stereocenters. The molecular formula is C5H15Cl2FN2. The lowest BCUT2D eigenvalue weighted by molar-refractivity contribution is 0.363. The molecule has 0 aromatic heterocycles. The Labute approximate surface area is 73.4 Å². The van der Waals surface area contributed by atoms with Crippen LogP contribution in [0.25, 0.3) is 0 Å². The first-order valence-electron chi connectivity index (χ1n) is 2.67. The van der Waals surface area contributed by atoms with E-state index in [1.807, 2.05) is 0 Å². The first-order valence-corrected chi connectivity index (χ1v) is 2.67. The van der Waals surface area contributed by atoms with Crippen LogP contribution < -0.4 is 11.5 Å². The lowest BCUT2D eigenvalue weighted by Gasteiger charge is -2.19. The van der Waals surface area contributed by atoms with Crippen LogP contribution in [0.4, 0.5) is 4.39 Å². The van der Waals surface area contributed by atoms with Crippen LogP contribution in [0.5, 0.6) is 0 Å². The fraction of sp³-hybridized carbons (Fsp3) is 1.00. The highest BCUT2D eigenvalue weighted by atomic mass is 35.5. The van der Waals surface area contributed by atoms with Gasteiger partial charge in [-0.05, 0) is 13.3 Å². The predicted octanol–water partition coefficient (Wildman–Crippen LogP) is 0.866. The normalized spacial score (nSPS) is 14.4. The fourth-order valence-corrected chi connectivity index (χ4v) is 0.318. The van der Waals surface area contributed by atoms with E-state index < -0.39 is 5.54 Å². The fourth-order valence-electron chi connectivity index (χ4n) is 0.318. The van der Waals surface area contributed by atoms with Gasteiger partial charge in [-0.15, -0.1) is 24.8 Å². The van der Waals surface area contributed by atoms with Gasteiger partial charge >= 0.3 is 0 Å². The molecule has 5 heteroatoms. The molecule has 0 aromatic rings. The molecule has 1 atom stereocenters. The van der Waals surface area contributed by atoms with E-state index in [0.29, 0.717) is 13.0 Å². The third kappa shape index (κ3) is 8.43. The largest absolute Gasteiger partial charge is 0.329 e. The van der Waals surface area contributed by atoms with Gasteiger partial charge in [-0.1, -0.05) is 0 Å². The van der Waals surface area contributed by atoms with Gasteiger partial charge < -0.3 is 11.5 Å². The molecule has 0 aliphatic carbocycles. The maximum atomic E-state index is 11.5. The van der Waals surface area contributed by atoms with Gasteiger partial charge in [0.15, 0.2) is 0 Å². The lowest BCUT2D eigenvalue weighted by Crippen LogP contribution is -2.44. The number of hydrogen-bond acceptors (Lipinski definition) is 2. The van der Waals surface area contributed by atoms with Crippen molar-refractivity contribution in [2.24, 2.45) is 11.5 Å². The molecule has 2 nitrogen and oxygen atoms in total. The monoisotopic (exact) mass is 192 g/mol. The van der Waals surface area contributed by atoms with Gasteiger partial charge in [0, 0.05) is 12.1 Å². The van der Waals surface area contributed by atoms with E-state index in [2.05, 4.69) is 0 Å². The molecule has 0 spiro atoms. The highest BCUT2D eigenvalue weighted by Gasteiger charge is 2.14. The number of hydrogen-bond donors (Lipinski definition) is 2. The zero-order valence-corrected chi connectivity index (χ0v) is 7.60. The second-order valence-corrected chi connectivity index (χ2v) is 2.30. The number of halogens is 3. The Morgan fingerprint density at radius 1 is 1.40 bits per heavy atom. The van der Waals surface area contributed by atoms with E-state index in [0.717, 1.165) is 0 Å². The third-order valence-electron chi connectivity index (χ3n) is 1.13. The van der Waals surface area contributed by atoms with Crippen LogP contribution in [0.3, 0.4) is 0 Å². The molecule has 0 fully saturated rings. The summed E-state index contributed by atoms with van der Waals surface area (Å²) in [5.41, 5.74) is 10.2. The standard InChI is InChI=1S/C5H13FN2.2ClH/c1-5(8,4-7)2-3-6;;/h2-4,7-8H2,1H3;2*1H. The summed E-state index contributed by atoms with van der Waals surface area (Å²) in [5, 5.41) is 0. The molecule has 66 valence electrons. The summed E-state index contributed by atoms with van der Waals surface area (Å²) in [7, 11) is 0. The first-order chi connectivity index (χ1) is 3.62. The van der Waals surface area contributed by atoms with Crippen molar-refractivity contribution in [3.05, 3.63) is 0 Å². The molecule has 0 aliphatic rings. The summed E-state index contributed by atoms with van der Waals surface area (Å²) >= 11 is 0. The Morgan fingerprint density at radius 3 is 1.90 bits per heavy atom. The van der Waals surface area contributed by atoms with Crippen molar-refractivity contribution in [1.29, 1.82) is 0 Å². The number of alkyl halides is 1. The minimum atomic E-state index is -0.505. The van der Waals surface area contributed by atoms with Crippen LogP contribution in [0.2, 0.25) is 0 Å². The average Bonchev–Trinajstić information content (AvgIpc) is 1.67. The second-order valence-electron chi connectivity index (χ2n) is 2.30. The maximum absolute atomic E-state index is 11.5. The van der Waals surface area contributed by atoms with Gasteiger partial charge in [-0.25, -0.2) is 0 Å². The van der Waals surface area contributed by atoms with Crippen molar-refractivity contribution < 1.29 is 4.39 Å². The summed E-state index contributed by atoms with van der Waals surface area (Å²) in [4.78, 5) is 0. The summed E-state index contributed by atoms with van der Waals surface area (Å²) in [5.74, 6) is 0.